The van der Waals surface area contributed by atoms with E-state index in [-0.39, 0.29) is 12.1 Å². The number of pyridine rings is 2. The van der Waals surface area contributed by atoms with E-state index >= 15 is 0 Å². The quantitative estimate of drug-likeness (QED) is 0.247. The van der Waals surface area contributed by atoms with Crippen LogP contribution in [-0.4, -0.2) is 32.0 Å². The van der Waals surface area contributed by atoms with Crippen LogP contribution in [0.5, 0.6) is 0 Å². The number of hydrogen-bond acceptors (Lipinski definition) is 5. The van der Waals surface area contributed by atoms with Gasteiger partial charge < -0.3 is 5.32 Å². The van der Waals surface area contributed by atoms with Gasteiger partial charge in [0.1, 0.15) is 0 Å². The fraction of sp³-hybridized carbons (Fsp3) is 0.107. The van der Waals surface area contributed by atoms with Gasteiger partial charge in [0.05, 0.1) is 33.1 Å². The van der Waals surface area contributed by atoms with Crippen molar-refractivity contribution in [2.75, 3.05) is 10.2 Å². The molecule has 7 heteroatoms. The molecule has 4 heterocycles. The van der Waals surface area contributed by atoms with Crippen LogP contribution in [-0.2, 0) is 6.42 Å². The Balaban J connectivity index is 1.34. The maximum atomic E-state index is 13.2. The van der Waals surface area contributed by atoms with Crippen LogP contribution >= 0.6 is 0 Å². The minimum absolute atomic E-state index is 0.0948. The number of carbonyl (C=O) groups is 1. The van der Waals surface area contributed by atoms with E-state index in [4.69, 9.17) is 9.97 Å². The second-order valence-corrected chi connectivity index (χ2v) is 8.91. The van der Waals surface area contributed by atoms with Crippen molar-refractivity contribution < 1.29 is 4.79 Å². The Bertz CT molecular complexity index is 1820. The highest BCUT2D eigenvalue weighted by Crippen LogP contribution is 2.34. The van der Waals surface area contributed by atoms with E-state index in [0.29, 0.717) is 11.2 Å². The summed E-state index contributed by atoms with van der Waals surface area (Å²) in [5.74, 6) is 0. The zero-order chi connectivity index (χ0) is 23.5. The van der Waals surface area contributed by atoms with Crippen LogP contribution in [0.3, 0.4) is 0 Å². The third-order valence-electron chi connectivity index (χ3n) is 6.69. The molecule has 3 aromatic heterocycles. The fourth-order valence-electron chi connectivity index (χ4n) is 5.14. The number of urea groups is 1. The van der Waals surface area contributed by atoms with Crippen molar-refractivity contribution in [3.8, 4) is 0 Å². The number of anilines is 2. The molecule has 0 fully saturated rings. The van der Waals surface area contributed by atoms with Gasteiger partial charge in [-0.1, -0.05) is 18.2 Å². The summed E-state index contributed by atoms with van der Waals surface area (Å²) in [5.41, 5.74) is 7.47. The fourth-order valence-corrected chi connectivity index (χ4v) is 5.14. The summed E-state index contributed by atoms with van der Waals surface area (Å²) in [6.07, 6.45) is 4.38. The largest absolute Gasteiger partial charge is 0.326 e. The first-order valence-electron chi connectivity index (χ1n) is 11.6. The van der Waals surface area contributed by atoms with Crippen LogP contribution in [0.1, 0.15) is 12.5 Å². The van der Waals surface area contributed by atoms with Crippen LogP contribution in [0.25, 0.3) is 43.9 Å². The van der Waals surface area contributed by atoms with Crippen LogP contribution < -0.4 is 10.2 Å². The normalized spacial score (nSPS) is 15.2. The first-order valence-corrected chi connectivity index (χ1v) is 11.6. The molecule has 7 nitrogen and oxygen atoms in total. The van der Waals surface area contributed by atoms with E-state index in [2.05, 4.69) is 28.3 Å². The summed E-state index contributed by atoms with van der Waals surface area (Å²) in [5, 5.41) is 4.88. The maximum Gasteiger partial charge on any atom is 0.326 e. The lowest BCUT2D eigenvalue weighted by Crippen LogP contribution is -2.39. The molecule has 168 valence electrons. The van der Waals surface area contributed by atoms with Crippen molar-refractivity contribution in [3.63, 3.8) is 0 Å². The Labute approximate surface area is 200 Å². The Morgan fingerprint density at radius 2 is 1.51 bits per heavy atom. The second kappa shape index (κ2) is 7.43. The predicted molar refractivity (Wildman–Crippen MR) is 139 cm³/mol. The molecular weight excluding hydrogens is 436 g/mol. The van der Waals surface area contributed by atoms with Crippen molar-refractivity contribution >= 4 is 61.3 Å². The van der Waals surface area contributed by atoms with Crippen LogP contribution in [0.15, 0.2) is 79.1 Å². The van der Waals surface area contributed by atoms with Crippen molar-refractivity contribution in [2.24, 2.45) is 0 Å². The summed E-state index contributed by atoms with van der Waals surface area (Å²) in [4.78, 5) is 34.1. The number of rotatable bonds is 1. The van der Waals surface area contributed by atoms with E-state index in [0.717, 1.165) is 50.5 Å². The lowest BCUT2D eigenvalue weighted by Gasteiger charge is -2.23. The number of para-hydroxylation sites is 1. The Morgan fingerprint density at radius 3 is 2.26 bits per heavy atom. The number of benzene rings is 3. The zero-order valence-electron chi connectivity index (χ0n) is 18.9. The highest BCUT2D eigenvalue weighted by atomic mass is 16.2. The van der Waals surface area contributed by atoms with Crippen LogP contribution in [0.4, 0.5) is 16.2 Å². The average Bonchev–Trinajstić information content (AvgIpc) is 3.23. The topological polar surface area (TPSA) is 83.9 Å². The molecule has 35 heavy (non-hydrogen) atoms. The third kappa shape index (κ3) is 3.01. The summed E-state index contributed by atoms with van der Waals surface area (Å²) >= 11 is 0. The van der Waals surface area contributed by atoms with Crippen LogP contribution in [0.2, 0.25) is 0 Å². The molecule has 2 amide bonds. The molecule has 0 saturated heterocycles. The number of aromatic nitrogens is 4. The Hall–Kier alpha value is -4.65. The van der Waals surface area contributed by atoms with E-state index in [1.165, 1.54) is 5.56 Å². The van der Waals surface area contributed by atoms with Gasteiger partial charge in [-0.05, 0) is 67.4 Å². The van der Waals surface area contributed by atoms with Gasteiger partial charge >= 0.3 is 6.03 Å². The molecule has 7 rings (SSSR count). The van der Waals surface area contributed by atoms with Gasteiger partial charge in [0.25, 0.3) is 0 Å². The molecule has 1 aliphatic rings. The molecule has 0 bridgehead atoms. The minimum Gasteiger partial charge on any atom is -0.307 e. The summed E-state index contributed by atoms with van der Waals surface area (Å²) in [6, 6.07) is 21.4. The lowest BCUT2D eigenvalue weighted by molar-refractivity contribution is 0.256. The summed E-state index contributed by atoms with van der Waals surface area (Å²) in [6.45, 7) is 2.07. The highest BCUT2D eigenvalue weighted by molar-refractivity contribution is 6.21. The maximum absolute atomic E-state index is 13.2. The molecule has 0 radical (unpaired) electrons. The average molecular weight is 457 g/mol. The molecule has 3 aromatic carbocycles. The van der Waals surface area contributed by atoms with Gasteiger partial charge in [0, 0.05) is 40.6 Å². The SMILES string of the molecule is C[C@@H]1Cc2ccccc2N1C(=O)Nc1ccc2nc3c4cccnc4c4ncccc4c3nc2c1. The van der Waals surface area contributed by atoms with Gasteiger partial charge in [-0.3, -0.25) is 14.9 Å². The van der Waals surface area contributed by atoms with Crippen molar-refractivity contribution in [1.82, 2.24) is 19.9 Å². The van der Waals surface area contributed by atoms with Crippen molar-refractivity contribution in [2.45, 2.75) is 19.4 Å². The molecule has 0 spiro atoms. The number of nitrogens with zero attached hydrogens (tertiary/aromatic N) is 5. The highest BCUT2D eigenvalue weighted by Gasteiger charge is 2.30. The number of amides is 2. The number of hydrogen-bond donors (Lipinski definition) is 1. The Kier molecular flexibility index (Phi) is 4.20. The number of nitrogens with one attached hydrogen (secondary N) is 1. The zero-order valence-corrected chi connectivity index (χ0v) is 18.9. The molecule has 0 saturated carbocycles. The minimum atomic E-state index is -0.151. The number of carbonyl (C=O) groups excluding carboxylic acids is 1. The molecule has 1 atom stereocenters. The van der Waals surface area contributed by atoms with E-state index in [1.807, 2.05) is 65.6 Å². The summed E-state index contributed by atoms with van der Waals surface area (Å²) < 4.78 is 0. The predicted octanol–water partition coefficient (Wildman–Crippen LogP) is 5.86. The molecule has 6 aromatic rings. The van der Waals surface area contributed by atoms with Gasteiger partial charge in [0.2, 0.25) is 0 Å². The molecule has 1 N–H and O–H groups in total. The first-order chi connectivity index (χ1) is 17.2. The smallest absolute Gasteiger partial charge is 0.307 e. The van der Waals surface area contributed by atoms with Gasteiger partial charge in [-0.25, -0.2) is 14.8 Å². The standard InChI is InChI=1S/C28H20N6O/c1-16-14-17-6-2-3-9-23(17)34(16)28(35)31-18-10-11-21-22(15-18)33-27-20-8-5-13-30-25(20)24-19(26(27)32-21)7-4-12-29-24/h2-13,15-16H,14H2,1H3,(H,31,35)/t16-/m1/s1. The van der Waals surface area contributed by atoms with Crippen molar-refractivity contribution in [1.29, 1.82) is 0 Å². The second-order valence-electron chi connectivity index (χ2n) is 8.91. The van der Waals surface area contributed by atoms with Crippen LogP contribution in [0, 0.1) is 0 Å². The molecule has 0 aliphatic carbocycles. The van der Waals surface area contributed by atoms with Crippen molar-refractivity contribution in [3.05, 3.63) is 84.7 Å². The lowest BCUT2D eigenvalue weighted by atomic mass is 10.1. The molecular formula is C28H20N6O. The van der Waals surface area contributed by atoms with Gasteiger partial charge in [-0.15, -0.1) is 0 Å². The monoisotopic (exact) mass is 456 g/mol. The summed E-state index contributed by atoms with van der Waals surface area (Å²) in [7, 11) is 0. The van der Waals surface area contributed by atoms with E-state index < -0.39 is 0 Å². The van der Waals surface area contributed by atoms with E-state index in [9.17, 15) is 4.79 Å². The Morgan fingerprint density at radius 1 is 0.829 bits per heavy atom. The number of fused-ring (bicyclic) bond motifs is 8. The molecule has 1 aliphatic heterocycles. The third-order valence-corrected chi connectivity index (χ3v) is 6.69. The first kappa shape index (κ1) is 19.8. The van der Waals surface area contributed by atoms with Gasteiger partial charge in [-0.2, -0.15) is 0 Å². The van der Waals surface area contributed by atoms with Gasteiger partial charge in [0.15, 0.2) is 0 Å². The molecule has 0 unspecified atom stereocenters. The van der Waals surface area contributed by atoms with E-state index in [1.54, 1.807) is 12.4 Å².